The summed E-state index contributed by atoms with van der Waals surface area (Å²) in [6, 6.07) is 10.5. The van der Waals surface area contributed by atoms with E-state index in [1.54, 1.807) is 30.3 Å². The van der Waals surface area contributed by atoms with E-state index >= 15 is 8.78 Å². The summed E-state index contributed by atoms with van der Waals surface area (Å²) in [5.41, 5.74) is 1.91. The molecule has 1 fully saturated rings. The summed E-state index contributed by atoms with van der Waals surface area (Å²) in [5, 5.41) is 11.3. The predicted molar refractivity (Wildman–Crippen MR) is 135 cm³/mol. The van der Waals surface area contributed by atoms with E-state index in [1.165, 1.54) is 24.3 Å². The molecule has 0 atom stereocenters. The van der Waals surface area contributed by atoms with E-state index in [0.29, 0.717) is 36.0 Å². The van der Waals surface area contributed by atoms with Crippen molar-refractivity contribution in [3.8, 4) is 11.3 Å². The van der Waals surface area contributed by atoms with Crippen molar-refractivity contribution >= 4 is 32.8 Å². The topological polar surface area (TPSA) is 114 Å². The number of nitrogens with zero attached hydrogens (tertiary/aromatic N) is 3. The second-order valence-corrected chi connectivity index (χ2v) is 11.2. The summed E-state index contributed by atoms with van der Waals surface area (Å²) in [6.45, 7) is 2.00. The second kappa shape index (κ2) is 8.37. The third-order valence-corrected chi connectivity index (χ3v) is 8.10. The summed E-state index contributed by atoms with van der Waals surface area (Å²) in [4.78, 5) is 9.12. The normalized spacial score (nSPS) is 16.9. The van der Waals surface area contributed by atoms with Crippen molar-refractivity contribution in [2.45, 2.75) is 49.2 Å². The van der Waals surface area contributed by atoms with E-state index in [-0.39, 0.29) is 34.5 Å². The number of nitrogens with two attached hydrogens (primary N) is 1. The number of aromatic nitrogens is 3. The van der Waals surface area contributed by atoms with Crippen molar-refractivity contribution in [1.82, 2.24) is 9.97 Å². The zero-order valence-electron chi connectivity index (χ0n) is 20.3. The maximum absolute atomic E-state index is 15.8. The number of nitrogens with one attached hydrogen (secondary N) is 2. The second-order valence-electron chi connectivity index (χ2n) is 9.62. The minimum Gasteiger partial charge on any atom is -0.305 e. The van der Waals surface area contributed by atoms with Gasteiger partial charge in [-0.25, -0.2) is 22.9 Å². The number of fused-ring (bicyclic) bond motifs is 3. The molecule has 0 unspecified atom stereocenters. The van der Waals surface area contributed by atoms with Crippen LogP contribution in [0.15, 0.2) is 59.5 Å². The zero-order chi connectivity index (χ0) is 26.9. The van der Waals surface area contributed by atoms with E-state index in [2.05, 4.69) is 20.6 Å². The molecule has 0 saturated heterocycles. The molecule has 2 aromatic heterocycles. The first-order valence-corrected chi connectivity index (χ1v) is 13.6. The van der Waals surface area contributed by atoms with Crippen LogP contribution in [0.2, 0.25) is 0 Å². The molecule has 3 heterocycles. The number of hydrogen-bond acceptors (Lipinski definition) is 6. The molecule has 0 bridgehead atoms. The molecule has 6 rings (SSSR count). The third-order valence-electron chi connectivity index (χ3n) is 7.19. The highest BCUT2D eigenvalue weighted by atomic mass is 32.2. The molecular weight excluding hydrogens is 517 g/mol. The van der Waals surface area contributed by atoms with Crippen molar-refractivity contribution < 1.29 is 26.2 Å². The Morgan fingerprint density at radius 2 is 1.79 bits per heavy atom. The van der Waals surface area contributed by atoms with Gasteiger partial charge in [0.15, 0.2) is 16.6 Å². The maximum atomic E-state index is 15.8. The lowest BCUT2D eigenvalue weighted by Gasteiger charge is -2.17. The summed E-state index contributed by atoms with van der Waals surface area (Å²) < 4.78 is 69.3. The molecule has 0 amide bonds. The largest absolute Gasteiger partial charge is 0.400 e. The van der Waals surface area contributed by atoms with Crippen LogP contribution < -0.4 is 20.3 Å². The van der Waals surface area contributed by atoms with Gasteiger partial charge in [-0.1, -0.05) is 13.0 Å². The number of rotatable bonds is 6. The molecule has 1 spiro atoms. The minimum absolute atomic E-state index is 0.00774. The maximum Gasteiger partial charge on any atom is 0.400 e. The number of primary sulfonamides is 1. The Bertz CT molecular complexity index is 1710. The Morgan fingerprint density at radius 1 is 1.05 bits per heavy atom. The van der Waals surface area contributed by atoms with Crippen molar-refractivity contribution in [2.24, 2.45) is 5.14 Å². The Hall–Kier alpha value is -3.77. The summed E-state index contributed by atoms with van der Waals surface area (Å²) in [7, 11) is -3.87. The average molecular weight is 542 g/mol. The number of halogens is 3. The Morgan fingerprint density at radius 3 is 2.45 bits per heavy atom. The number of hydrogen-bond donors (Lipinski definition) is 3. The van der Waals surface area contributed by atoms with Crippen LogP contribution in [0.1, 0.15) is 30.9 Å². The Kier molecular flexibility index (Phi) is 5.41. The molecule has 8 nitrogen and oxygen atoms in total. The molecule has 38 heavy (non-hydrogen) atoms. The van der Waals surface area contributed by atoms with Gasteiger partial charge in [-0.3, -0.25) is 5.32 Å². The highest BCUT2D eigenvalue weighted by molar-refractivity contribution is 7.89. The molecule has 0 radical (unpaired) electrons. The smallest absolute Gasteiger partial charge is 0.305 e. The first kappa shape index (κ1) is 24.6. The molecule has 196 valence electrons. The number of benzene rings is 2. The fraction of sp³-hybridized carbons (Fsp3) is 0.269. The number of aryl methyl sites for hydroxylation is 1. The number of sulfonamides is 1. The van der Waals surface area contributed by atoms with E-state index in [0.717, 1.165) is 15.7 Å². The fourth-order valence-corrected chi connectivity index (χ4v) is 5.47. The summed E-state index contributed by atoms with van der Waals surface area (Å²) >= 11 is 0. The zero-order valence-corrected chi connectivity index (χ0v) is 21.1. The molecule has 1 aliphatic carbocycles. The van der Waals surface area contributed by atoms with Crippen LogP contribution in [0.5, 0.6) is 0 Å². The summed E-state index contributed by atoms with van der Waals surface area (Å²) in [5.74, 6) is -0.266. The van der Waals surface area contributed by atoms with Gasteiger partial charge in [-0.2, -0.15) is 13.3 Å². The van der Waals surface area contributed by atoms with Crippen LogP contribution in [0.4, 0.5) is 24.9 Å². The van der Waals surface area contributed by atoms with E-state index in [9.17, 15) is 12.8 Å². The number of alkyl halides is 2. The van der Waals surface area contributed by atoms with E-state index in [1.807, 2.05) is 6.92 Å². The first-order chi connectivity index (χ1) is 18.0. The first-order valence-electron chi connectivity index (χ1n) is 12.1. The summed E-state index contributed by atoms with van der Waals surface area (Å²) in [6.07, 6.45) is 1.12. The average Bonchev–Trinajstić information content (AvgIpc) is 3.63. The van der Waals surface area contributed by atoms with Crippen molar-refractivity contribution in [2.75, 3.05) is 10.6 Å². The number of anilines is 2. The van der Waals surface area contributed by atoms with Gasteiger partial charge in [0.1, 0.15) is 5.82 Å². The monoisotopic (exact) mass is 541 g/mol. The van der Waals surface area contributed by atoms with Crippen LogP contribution in [0.25, 0.3) is 22.3 Å². The van der Waals surface area contributed by atoms with E-state index < -0.39 is 21.6 Å². The van der Waals surface area contributed by atoms with Gasteiger partial charge in [-0.15, -0.1) is 4.98 Å². The van der Waals surface area contributed by atoms with Gasteiger partial charge in [0.05, 0.1) is 17.1 Å². The molecule has 4 N–H and O–H groups in total. The van der Waals surface area contributed by atoms with Crippen LogP contribution >= 0.6 is 0 Å². The molecular formula is C26H24F3N6O2S+. The van der Waals surface area contributed by atoms with Crippen LogP contribution in [-0.4, -0.2) is 23.9 Å². The van der Waals surface area contributed by atoms with Gasteiger partial charge < -0.3 is 5.32 Å². The molecule has 2 aromatic carbocycles. The SMILES string of the molecule is CCc1cc(S(N)(=O)=O)ccc1CNc1nc2ccc(-c3ccc(F)cc3)nc2c2[n+]1C(F)(F)C1(CC1)N2. The van der Waals surface area contributed by atoms with Crippen LogP contribution in [0.3, 0.4) is 0 Å². The predicted octanol–water partition coefficient (Wildman–Crippen LogP) is 4.05. The lowest BCUT2D eigenvalue weighted by molar-refractivity contribution is -0.795. The van der Waals surface area contributed by atoms with Crippen molar-refractivity contribution in [1.29, 1.82) is 0 Å². The Balaban J connectivity index is 1.43. The van der Waals surface area contributed by atoms with Gasteiger partial charge in [0, 0.05) is 5.56 Å². The molecule has 2 aliphatic rings. The molecule has 1 aliphatic heterocycles. The lowest BCUT2D eigenvalue weighted by Crippen LogP contribution is -2.55. The van der Waals surface area contributed by atoms with Crippen molar-refractivity contribution in [3.05, 3.63) is 71.5 Å². The minimum atomic E-state index is -3.87. The number of pyridine rings is 1. The van der Waals surface area contributed by atoms with Gasteiger partial charge in [-0.05, 0) is 78.9 Å². The van der Waals surface area contributed by atoms with Gasteiger partial charge in [0.2, 0.25) is 15.8 Å². The molecule has 4 aromatic rings. The Labute approximate surface area is 216 Å². The van der Waals surface area contributed by atoms with Crippen molar-refractivity contribution in [3.63, 3.8) is 0 Å². The van der Waals surface area contributed by atoms with Gasteiger partial charge in [0.25, 0.3) is 0 Å². The fourth-order valence-electron chi connectivity index (χ4n) is 4.90. The van der Waals surface area contributed by atoms with Crippen LogP contribution in [0, 0.1) is 5.82 Å². The molecule has 12 heteroatoms. The highest BCUT2D eigenvalue weighted by Crippen LogP contribution is 2.55. The lowest BCUT2D eigenvalue weighted by atomic mass is 10.1. The van der Waals surface area contributed by atoms with Gasteiger partial charge >= 0.3 is 12.0 Å². The standard InChI is InChI=1S/C26H23F3N6O2S/c1-2-15-13-19(38(30,36)37)8-5-17(15)14-31-24-33-21-10-9-20(16-3-6-18(27)7-4-16)32-22(21)23-34-25(11-12-25)26(28,29)35(23)24/h3-10,13H,2,11-12,14H2,1H3,(H3,30,31,33,34,36,37)/p+1. The highest BCUT2D eigenvalue weighted by Gasteiger charge is 2.73. The van der Waals surface area contributed by atoms with E-state index in [4.69, 9.17) is 5.14 Å². The quantitative estimate of drug-likeness (QED) is 0.318. The third kappa shape index (κ3) is 3.86. The van der Waals surface area contributed by atoms with Crippen LogP contribution in [-0.2, 0) is 29.0 Å². The molecule has 1 saturated carbocycles.